The lowest BCUT2D eigenvalue weighted by Crippen LogP contribution is -2.26. The Kier molecular flexibility index (Phi) is 6.52. The monoisotopic (exact) mass is 446 g/mol. The second-order valence-corrected chi connectivity index (χ2v) is 6.97. The largest absolute Gasteiger partial charge is 0.453 e. The van der Waals surface area contributed by atoms with E-state index in [0.29, 0.717) is 17.8 Å². The van der Waals surface area contributed by atoms with E-state index < -0.39 is 17.3 Å². The standard InChI is InChI=1S/C22H21F3N4O3/c1-4-28(2)20(30)14-7-5-9-16(11-14)27-19-18(13-26-29(3)21(19)31)32-17-10-6-8-15(12-17)22(23,24)25/h5-13,27H,4H2,1-3H3. The van der Waals surface area contributed by atoms with Gasteiger partial charge in [-0.3, -0.25) is 9.59 Å². The summed E-state index contributed by atoms with van der Waals surface area (Å²) in [6.07, 6.45) is -3.31. The van der Waals surface area contributed by atoms with Crippen LogP contribution in [-0.4, -0.2) is 34.2 Å². The topological polar surface area (TPSA) is 76.5 Å². The van der Waals surface area contributed by atoms with Crippen LogP contribution in [0.5, 0.6) is 11.5 Å². The van der Waals surface area contributed by atoms with Crippen LogP contribution in [-0.2, 0) is 13.2 Å². The molecule has 0 saturated heterocycles. The van der Waals surface area contributed by atoms with Gasteiger partial charge in [0.25, 0.3) is 11.5 Å². The number of benzene rings is 2. The number of alkyl halides is 3. The zero-order chi connectivity index (χ0) is 23.5. The highest BCUT2D eigenvalue weighted by Gasteiger charge is 2.30. The van der Waals surface area contributed by atoms with E-state index >= 15 is 0 Å². The first-order valence-electron chi connectivity index (χ1n) is 9.64. The number of hydrogen-bond acceptors (Lipinski definition) is 5. The molecule has 0 aliphatic heterocycles. The summed E-state index contributed by atoms with van der Waals surface area (Å²) >= 11 is 0. The van der Waals surface area contributed by atoms with Gasteiger partial charge in [-0.15, -0.1) is 0 Å². The van der Waals surface area contributed by atoms with Crippen molar-refractivity contribution in [2.75, 3.05) is 18.9 Å². The number of hydrogen-bond donors (Lipinski definition) is 1. The average Bonchev–Trinajstić information content (AvgIpc) is 2.77. The van der Waals surface area contributed by atoms with Crippen LogP contribution in [0.15, 0.2) is 59.5 Å². The van der Waals surface area contributed by atoms with Crippen molar-refractivity contribution >= 4 is 17.3 Å². The number of carbonyl (C=O) groups is 1. The number of carbonyl (C=O) groups excluding carboxylic acids is 1. The summed E-state index contributed by atoms with van der Waals surface area (Å²) < 4.78 is 45.7. The van der Waals surface area contributed by atoms with Gasteiger partial charge in [0.1, 0.15) is 5.75 Å². The SMILES string of the molecule is CCN(C)C(=O)c1cccc(Nc2c(Oc3cccc(C(F)(F)F)c3)cnn(C)c2=O)c1. The van der Waals surface area contributed by atoms with Gasteiger partial charge < -0.3 is 15.0 Å². The highest BCUT2D eigenvalue weighted by atomic mass is 19.4. The number of ether oxygens (including phenoxy) is 1. The maximum Gasteiger partial charge on any atom is 0.416 e. The van der Waals surface area contributed by atoms with Gasteiger partial charge in [-0.1, -0.05) is 12.1 Å². The van der Waals surface area contributed by atoms with Crippen LogP contribution in [0.4, 0.5) is 24.5 Å². The van der Waals surface area contributed by atoms with E-state index in [2.05, 4.69) is 10.4 Å². The smallest absolute Gasteiger partial charge is 0.416 e. The van der Waals surface area contributed by atoms with Gasteiger partial charge in [-0.25, -0.2) is 4.68 Å². The minimum absolute atomic E-state index is 0.0339. The summed E-state index contributed by atoms with van der Waals surface area (Å²) in [5.41, 5.74) is -0.638. The molecule has 3 aromatic rings. The molecule has 10 heteroatoms. The Morgan fingerprint density at radius 2 is 1.91 bits per heavy atom. The Morgan fingerprint density at radius 1 is 1.19 bits per heavy atom. The molecular formula is C22H21F3N4O3. The third kappa shape index (κ3) is 5.08. The number of aryl methyl sites for hydroxylation is 1. The lowest BCUT2D eigenvalue weighted by molar-refractivity contribution is -0.137. The predicted octanol–water partition coefficient (Wildman–Crippen LogP) is 4.43. The van der Waals surface area contributed by atoms with Crippen LogP contribution < -0.4 is 15.6 Å². The second kappa shape index (κ2) is 9.13. The minimum Gasteiger partial charge on any atom is -0.453 e. The van der Waals surface area contributed by atoms with E-state index in [0.717, 1.165) is 16.8 Å². The van der Waals surface area contributed by atoms with Crippen LogP contribution in [0.25, 0.3) is 0 Å². The molecule has 0 aliphatic carbocycles. The van der Waals surface area contributed by atoms with Crippen molar-refractivity contribution in [2.24, 2.45) is 7.05 Å². The van der Waals surface area contributed by atoms with Crippen molar-refractivity contribution in [1.82, 2.24) is 14.7 Å². The molecule has 0 saturated carbocycles. The first-order chi connectivity index (χ1) is 15.1. The van der Waals surface area contributed by atoms with Crippen LogP contribution >= 0.6 is 0 Å². The fourth-order valence-corrected chi connectivity index (χ4v) is 2.82. The Bertz CT molecular complexity index is 1190. The molecule has 0 fully saturated rings. The zero-order valence-electron chi connectivity index (χ0n) is 17.6. The summed E-state index contributed by atoms with van der Waals surface area (Å²) in [5, 5.41) is 6.79. The molecule has 0 atom stereocenters. The van der Waals surface area contributed by atoms with Crippen molar-refractivity contribution in [3.05, 3.63) is 76.2 Å². The van der Waals surface area contributed by atoms with Gasteiger partial charge in [0.15, 0.2) is 11.4 Å². The van der Waals surface area contributed by atoms with Crippen LogP contribution in [0.2, 0.25) is 0 Å². The van der Waals surface area contributed by atoms with E-state index in [9.17, 15) is 22.8 Å². The van der Waals surface area contributed by atoms with E-state index in [-0.39, 0.29) is 23.1 Å². The average molecular weight is 446 g/mol. The van der Waals surface area contributed by atoms with Crippen LogP contribution in [0.1, 0.15) is 22.8 Å². The lowest BCUT2D eigenvalue weighted by atomic mass is 10.1. The first-order valence-corrected chi connectivity index (χ1v) is 9.64. The Morgan fingerprint density at radius 3 is 2.59 bits per heavy atom. The van der Waals surface area contributed by atoms with E-state index in [4.69, 9.17) is 4.74 Å². The molecule has 1 aromatic heterocycles. The Balaban J connectivity index is 1.96. The third-order valence-corrected chi connectivity index (χ3v) is 4.69. The summed E-state index contributed by atoms with van der Waals surface area (Å²) in [4.78, 5) is 26.6. The molecule has 1 N–H and O–H groups in total. The quantitative estimate of drug-likeness (QED) is 0.606. The van der Waals surface area contributed by atoms with Gasteiger partial charge in [-0.05, 0) is 43.3 Å². The molecule has 0 radical (unpaired) electrons. The van der Waals surface area contributed by atoms with Gasteiger partial charge in [-0.2, -0.15) is 18.3 Å². The second-order valence-electron chi connectivity index (χ2n) is 6.97. The molecular weight excluding hydrogens is 425 g/mol. The molecule has 0 bridgehead atoms. The van der Waals surface area contributed by atoms with Crippen LogP contribution in [0, 0.1) is 0 Å². The molecule has 1 heterocycles. The van der Waals surface area contributed by atoms with Crippen molar-refractivity contribution in [3.8, 4) is 11.5 Å². The van der Waals surface area contributed by atoms with Gasteiger partial charge in [0.2, 0.25) is 0 Å². The first kappa shape index (κ1) is 22.9. The highest BCUT2D eigenvalue weighted by Crippen LogP contribution is 2.34. The summed E-state index contributed by atoms with van der Waals surface area (Å²) in [6, 6.07) is 10.8. The van der Waals surface area contributed by atoms with Gasteiger partial charge in [0, 0.05) is 31.9 Å². The molecule has 0 aliphatic rings. The highest BCUT2D eigenvalue weighted by molar-refractivity contribution is 5.95. The number of halogens is 3. The van der Waals surface area contributed by atoms with Crippen molar-refractivity contribution < 1.29 is 22.7 Å². The summed E-state index contributed by atoms with van der Waals surface area (Å²) in [6.45, 7) is 2.37. The Hall–Kier alpha value is -3.82. The fraction of sp³-hybridized carbons (Fsp3) is 0.227. The lowest BCUT2D eigenvalue weighted by Gasteiger charge is -2.16. The maximum atomic E-state index is 13.0. The number of anilines is 2. The van der Waals surface area contributed by atoms with Crippen molar-refractivity contribution in [1.29, 1.82) is 0 Å². The molecule has 3 rings (SSSR count). The molecule has 32 heavy (non-hydrogen) atoms. The molecule has 0 unspecified atom stereocenters. The zero-order valence-corrected chi connectivity index (χ0v) is 17.6. The van der Waals surface area contributed by atoms with E-state index in [1.807, 2.05) is 6.92 Å². The predicted molar refractivity (Wildman–Crippen MR) is 113 cm³/mol. The van der Waals surface area contributed by atoms with Crippen molar-refractivity contribution in [3.63, 3.8) is 0 Å². The van der Waals surface area contributed by atoms with Gasteiger partial charge >= 0.3 is 6.18 Å². The fourth-order valence-electron chi connectivity index (χ4n) is 2.82. The summed E-state index contributed by atoms with van der Waals surface area (Å²) in [7, 11) is 3.10. The number of nitrogens with zero attached hydrogens (tertiary/aromatic N) is 3. The normalized spacial score (nSPS) is 11.2. The molecule has 168 valence electrons. The minimum atomic E-state index is -4.54. The molecule has 2 aromatic carbocycles. The number of nitrogens with one attached hydrogen (secondary N) is 1. The number of amides is 1. The molecule has 1 amide bonds. The van der Waals surface area contributed by atoms with Crippen molar-refractivity contribution in [2.45, 2.75) is 13.1 Å². The van der Waals surface area contributed by atoms with Gasteiger partial charge in [0.05, 0.1) is 11.8 Å². The summed E-state index contributed by atoms with van der Waals surface area (Å²) in [5.74, 6) is -0.361. The maximum absolute atomic E-state index is 13.0. The number of rotatable bonds is 6. The van der Waals surface area contributed by atoms with E-state index in [1.165, 1.54) is 30.3 Å². The number of aromatic nitrogens is 2. The van der Waals surface area contributed by atoms with E-state index in [1.54, 1.807) is 31.3 Å². The Labute approximate surface area is 182 Å². The molecule has 0 spiro atoms. The van der Waals surface area contributed by atoms with Crippen LogP contribution in [0.3, 0.4) is 0 Å². The third-order valence-electron chi connectivity index (χ3n) is 4.69. The molecule has 7 nitrogen and oxygen atoms in total.